The van der Waals surface area contributed by atoms with Crippen LogP contribution in [0.15, 0.2) is 30.3 Å². The standard InChI is InChI=1S/C20H31NO4/c1-24-19(22)15-11-6-4-2-3-5-7-12-16-21-20(23)25-17-18-13-9-8-10-14-18/h8-10,13-14H,2-7,11-12,15-17H2,1H3,(H,21,23). The molecule has 0 atom stereocenters. The van der Waals surface area contributed by atoms with Crippen LogP contribution in [0.2, 0.25) is 0 Å². The lowest BCUT2D eigenvalue weighted by Crippen LogP contribution is -2.25. The minimum absolute atomic E-state index is 0.116. The molecule has 0 saturated carbocycles. The van der Waals surface area contributed by atoms with E-state index in [9.17, 15) is 9.59 Å². The first-order valence-corrected chi connectivity index (χ1v) is 9.23. The maximum atomic E-state index is 11.6. The highest BCUT2D eigenvalue weighted by Crippen LogP contribution is 2.09. The smallest absolute Gasteiger partial charge is 0.407 e. The van der Waals surface area contributed by atoms with Crippen molar-refractivity contribution in [2.24, 2.45) is 0 Å². The number of benzene rings is 1. The number of unbranched alkanes of at least 4 members (excludes halogenated alkanes) is 7. The van der Waals surface area contributed by atoms with Gasteiger partial charge in [0, 0.05) is 13.0 Å². The third kappa shape index (κ3) is 12.0. The van der Waals surface area contributed by atoms with E-state index in [-0.39, 0.29) is 12.1 Å². The van der Waals surface area contributed by atoms with E-state index in [2.05, 4.69) is 10.1 Å². The summed E-state index contributed by atoms with van der Waals surface area (Å²) in [5.74, 6) is -0.116. The van der Waals surface area contributed by atoms with Crippen LogP contribution in [0.25, 0.3) is 0 Å². The largest absolute Gasteiger partial charge is 0.469 e. The average molecular weight is 349 g/mol. The van der Waals surface area contributed by atoms with E-state index in [1.165, 1.54) is 32.8 Å². The number of esters is 1. The Morgan fingerprint density at radius 2 is 1.48 bits per heavy atom. The van der Waals surface area contributed by atoms with Crippen molar-refractivity contribution < 1.29 is 19.1 Å². The van der Waals surface area contributed by atoms with Gasteiger partial charge in [-0.05, 0) is 18.4 Å². The van der Waals surface area contributed by atoms with E-state index in [0.717, 1.165) is 31.2 Å². The van der Waals surface area contributed by atoms with Crippen LogP contribution in [0.4, 0.5) is 4.79 Å². The number of carbonyl (C=O) groups is 2. The van der Waals surface area contributed by atoms with Gasteiger partial charge in [-0.1, -0.05) is 68.9 Å². The fourth-order valence-electron chi connectivity index (χ4n) is 2.52. The fraction of sp³-hybridized carbons (Fsp3) is 0.600. The molecule has 0 aliphatic carbocycles. The number of amides is 1. The van der Waals surface area contributed by atoms with Crippen LogP contribution < -0.4 is 5.32 Å². The first-order valence-electron chi connectivity index (χ1n) is 9.23. The molecule has 25 heavy (non-hydrogen) atoms. The van der Waals surface area contributed by atoms with Gasteiger partial charge in [0.15, 0.2) is 0 Å². The molecule has 1 amide bonds. The minimum Gasteiger partial charge on any atom is -0.469 e. The van der Waals surface area contributed by atoms with E-state index in [4.69, 9.17) is 4.74 Å². The monoisotopic (exact) mass is 349 g/mol. The van der Waals surface area contributed by atoms with Gasteiger partial charge in [0.05, 0.1) is 7.11 Å². The number of methoxy groups -OCH3 is 1. The Morgan fingerprint density at radius 3 is 2.12 bits per heavy atom. The summed E-state index contributed by atoms with van der Waals surface area (Å²) in [5, 5.41) is 2.78. The van der Waals surface area contributed by atoms with Crippen molar-refractivity contribution >= 4 is 12.1 Å². The second kappa shape index (κ2) is 14.3. The first kappa shape index (κ1) is 21.0. The van der Waals surface area contributed by atoms with Gasteiger partial charge in [-0.3, -0.25) is 4.79 Å². The number of alkyl carbamates (subject to hydrolysis) is 1. The fourth-order valence-corrected chi connectivity index (χ4v) is 2.52. The van der Waals surface area contributed by atoms with Crippen molar-refractivity contribution in [3.63, 3.8) is 0 Å². The summed E-state index contributed by atoms with van der Waals surface area (Å²) in [6.07, 6.45) is 9.02. The molecule has 0 aliphatic rings. The number of nitrogens with one attached hydrogen (secondary N) is 1. The topological polar surface area (TPSA) is 64.6 Å². The van der Waals surface area contributed by atoms with Crippen molar-refractivity contribution in [3.8, 4) is 0 Å². The summed E-state index contributed by atoms with van der Waals surface area (Å²) >= 11 is 0. The highest BCUT2D eigenvalue weighted by molar-refractivity contribution is 5.69. The maximum absolute atomic E-state index is 11.6. The number of hydrogen-bond donors (Lipinski definition) is 1. The number of rotatable bonds is 13. The number of hydrogen-bond acceptors (Lipinski definition) is 4. The molecular weight excluding hydrogens is 318 g/mol. The molecule has 0 spiro atoms. The molecule has 0 fully saturated rings. The van der Waals surface area contributed by atoms with Crippen LogP contribution in [0.3, 0.4) is 0 Å². The molecule has 0 saturated heterocycles. The Kier molecular flexibility index (Phi) is 12.0. The van der Waals surface area contributed by atoms with E-state index in [1.54, 1.807) is 0 Å². The molecule has 0 aliphatic heterocycles. The SMILES string of the molecule is COC(=O)CCCCCCCCCCNC(=O)OCc1ccccc1. The Labute approximate surface area is 151 Å². The Morgan fingerprint density at radius 1 is 0.880 bits per heavy atom. The number of carbonyl (C=O) groups excluding carboxylic acids is 2. The molecule has 0 heterocycles. The normalized spacial score (nSPS) is 10.3. The lowest BCUT2D eigenvalue weighted by atomic mass is 10.1. The molecule has 0 radical (unpaired) electrons. The van der Waals surface area contributed by atoms with E-state index in [0.29, 0.717) is 19.6 Å². The zero-order valence-electron chi connectivity index (χ0n) is 15.3. The van der Waals surface area contributed by atoms with Gasteiger partial charge in [-0.2, -0.15) is 0 Å². The molecule has 5 nitrogen and oxygen atoms in total. The van der Waals surface area contributed by atoms with Gasteiger partial charge in [0.2, 0.25) is 0 Å². The zero-order valence-corrected chi connectivity index (χ0v) is 15.3. The molecule has 140 valence electrons. The molecule has 0 bridgehead atoms. The molecule has 1 aromatic carbocycles. The molecule has 0 unspecified atom stereocenters. The lowest BCUT2D eigenvalue weighted by molar-refractivity contribution is -0.140. The number of ether oxygens (including phenoxy) is 2. The second-order valence-corrected chi connectivity index (χ2v) is 6.14. The predicted molar refractivity (Wildman–Crippen MR) is 98.2 cm³/mol. The van der Waals surface area contributed by atoms with Gasteiger partial charge < -0.3 is 14.8 Å². The third-order valence-electron chi connectivity index (χ3n) is 4.02. The molecule has 1 aromatic rings. The summed E-state index contributed by atoms with van der Waals surface area (Å²) in [6, 6.07) is 9.66. The molecule has 0 aromatic heterocycles. The van der Waals surface area contributed by atoms with E-state index < -0.39 is 0 Å². The van der Waals surface area contributed by atoms with E-state index in [1.807, 2.05) is 30.3 Å². The summed E-state index contributed by atoms with van der Waals surface area (Å²) in [4.78, 5) is 22.5. The molecular formula is C20H31NO4. The van der Waals surface area contributed by atoms with Gasteiger partial charge in [0.1, 0.15) is 6.61 Å². The first-order chi connectivity index (χ1) is 12.2. The summed E-state index contributed by atoms with van der Waals surface area (Å²) in [5.41, 5.74) is 0.990. The predicted octanol–water partition coefficient (Wildman–Crippen LogP) is 4.60. The highest BCUT2D eigenvalue weighted by atomic mass is 16.5. The molecule has 1 N–H and O–H groups in total. The molecule has 1 rings (SSSR count). The van der Waals surface area contributed by atoms with Crippen molar-refractivity contribution in [1.29, 1.82) is 0 Å². The average Bonchev–Trinajstić information content (AvgIpc) is 2.65. The van der Waals surface area contributed by atoms with Crippen LogP contribution in [0.1, 0.15) is 63.4 Å². The van der Waals surface area contributed by atoms with Crippen molar-refractivity contribution in [3.05, 3.63) is 35.9 Å². The summed E-state index contributed by atoms with van der Waals surface area (Å²) in [6.45, 7) is 0.968. The molecule has 5 heteroatoms. The quantitative estimate of drug-likeness (QED) is 0.418. The lowest BCUT2D eigenvalue weighted by Gasteiger charge is -2.07. The van der Waals surface area contributed by atoms with Gasteiger partial charge in [0.25, 0.3) is 0 Å². The van der Waals surface area contributed by atoms with Crippen molar-refractivity contribution in [1.82, 2.24) is 5.32 Å². The van der Waals surface area contributed by atoms with Gasteiger partial charge in [-0.15, -0.1) is 0 Å². The maximum Gasteiger partial charge on any atom is 0.407 e. The highest BCUT2D eigenvalue weighted by Gasteiger charge is 2.02. The van der Waals surface area contributed by atoms with Crippen LogP contribution >= 0.6 is 0 Å². The van der Waals surface area contributed by atoms with Crippen molar-refractivity contribution in [2.75, 3.05) is 13.7 Å². The Hall–Kier alpha value is -2.04. The third-order valence-corrected chi connectivity index (χ3v) is 4.02. The van der Waals surface area contributed by atoms with E-state index >= 15 is 0 Å². The Bertz CT molecular complexity index is 476. The zero-order chi connectivity index (χ0) is 18.2. The van der Waals surface area contributed by atoms with Crippen LogP contribution in [-0.2, 0) is 20.9 Å². The van der Waals surface area contributed by atoms with Crippen LogP contribution in [0.5, 0.6) is 0 Å². The Balaban J connectivity index is 1.83. The van der Waals surface area contributed by atoms with Crippen LogP contribution in [-0.4, -0.2) is 25.7 Å². The van der Waals surface area contributed by atoms with Crippen molar-refractivity contribution in [2.45, 2.75) is 64.4 Å². The summed E-state index contributed by atoms with van der Waals surface area (Å²) in [7, 11) is 1.43. The summed E-state index contributed by atoms with van der Waals surface area (Å²) < 4.78 is 9.76. The minimum atomic E-state index is -0.352. The van der Waals surface area contributed by atoms with Gasteiger partial charge >= 0.3 is 12.1 Å². The second-order valence-electron chi connectivity index (χ2n) is 6.14. The van der Waals surface area contributed by atoms with Gasteiger partial charge in [-0.25, -0.2) is 4.79 Å². The van der Waals surface area contributed by atoms with Crippen LogP contribution in [0, 0.1) is 0 Å².